The molecule has 0 spiro atoms. The van der Waals surface area contributed by atoms with Crippen molar-refractivity contribution in [3.63, 3.8) is 0 Å². The molecule has 0 fully saturated rings. The quantitative estimate of drug-likeness (QED) is 0.439. The Balaban J connectivity index is 1.53. The average Bonchev–Trinajstić information content (AvgIpc) is 3.34. The number of hydrogen-bond donors (Lipinski definition) is 0. The lowest BCUT2D eigenvalue weighted by Gasteiger charge is -2.37. The molecule has 184 valence electrons. The highest BCUT2D eigenvalue weighted by atomic mass is 32.1. The molecule has 0 aliphatic carbocycles. The van der Waals surface area contributed by atoms with Gasteiger partial charge in [0.25, 0.3) is 5.91 Å². The smallest absolute Gasteiger partial charge is 0.254 e. The summed E-state index contributed by atoms with van der Waals surface area (Å²) >= 11 is 1.63. The van der Waals surface area contributed by atoms with Crippen molar-refractivity contribution in [3.8, 4) is 5.75 Å². The first kappa shape index (κ1) is 24.8. The van der Waals surface area contributed by atoms with Gasteiger partial charge in [-0.3, -0.25) is 9.59 Å². The van der Waals surface area contributed by atoms with Crippen LogP contribution in [-0.4, -0.2) is 61.6 Å². The number of amides is 2. The van der Waals surface area contributed by atoms with E-state index >= 15 is 0 Å². The van der Waals surface area contributed by atoms with Gasteiger partial charge in [-0.25, -0.2) is 8.78 Å². The van der Waals surface area contributed by atoms with Crippen LogP contribution in [0.3, 0.4) is 0 Å². The van der Waals surface area contributed by atoms with Gasteiger partial charge in [0.2, 0.25) is 5.91 Å². The molecular formula is C26H26F2N2O4S. The van der Waals surface area contributed by atoms with E-state index in [-0.39, 0.29) is 43.8 Å². The van der Waals surface area contributed by atoms with E-state index in [1.807, 2.05) is 11.4 Å². The van der Waals surface area contributed by atoms with Crippen molar-refractivity contribution < 1.29 is 27.8 Å². The Morgan fingerprint density at radius 3 is 2.63 bits per heavy atom. The fourth-order valence-electron chi connectivity index (χ4n) is 4.12. The van der Waals surface area contributed by atoms with E-state index in [0.29, 0.717) is 18.7 Å². The molecule has 6 nitrogen and oxygen atoms in total. The molecule has 2 aromatic carbocycles. The molecule has 3 aromatic rings. The highest BCUT2D eigenvalue weighted by Gasteiger charge is 2.33. The summed E-state index contributed by atoms with van der Waals surface area (Å²) < 4.78 is 38.3. The lowest BCUT2D eigenvalue weighted by Crippen LogP contribution is -2.48. The molecule has 0 unspecified atom stereocenters. The molecule has 1 aliphatic heterocycles. The summed E-state index contributed by atoms with van der Waals surface area (Å²) in [5.74, 6) is -1.25. The highest BCUT2D eigenvalue weighted by molar-refractivity contribution is 7.10. The van der Waals surface area contributed by atoms with Gasteiger partial charge in [0.05, 0.1) is 12.6 Å². The zero-order valence-corrected chi connectivity index (χ0v) is 20.1. The van der Waals surface area contributed by atoms with Crippen molar-refractivity contribution >= 4 is 23.2 Å². The lowest BCUT2D eigenvalue weighted by atomic mass is 10.0. The fraction of sp³-hybridized carbons (Fsp3) is 0.308. The van der Waals surface area contributed by atoms with Gasteiger partial charge < -0.3 is 19.3 Å². The molecule has 0 radical (unpaired) electrons. The molecule has 0 saturated carbocycles. The summed E-state index contributed by atoms with van der Waals surface area (Å²) in [4.78, 5) is 30.8. The van der Waals surface area contributed by atoms with E-state index < -0.39 is 17.5 Å². The number of fused-ring (bicyclic) bond motifs is 1. The number of rotatable bonds is 9. The number of hydrogen-bond acceptors (Lipinski definition) is 5. The van der Waals surface area contributed by atoms with E-state index in [0.717, 1.165) is 11.6 Å². The van der Waals surface area contributed by atoms with Gasteiger partial charge in [0.15, 0.2) is 0 Å². The Labute approximate surface area is 206 Å². The summed E-state index contributed by atoms with van der Waals surface area (Å²) in [5, 5.41) is 1.98. The van der Waals surface area contributed by atoms with Crippen molar-refractivity contribution in [1.82, 2.24) is 9.80 Å². The molecule has 0 bridgehead atoms. The van der Waals surface area contributed by atoms with Gasteiger partial charge in [-0.1, -0.05) is 12.1 Å². The van der Waals surface area contributed by atoms with Gasteiger partial charge in [-0.15, -0.1) is 11.3 Å². The third-order valence-electron chi connectivity index (χ3n) is 5.87. The molecule has 1 atom stereocenters. The van der Waals surface area contributed by atoms with Crippen LogP contribution in [0.4, 0.5) is 8.78 Å². The summed E-state index contributed by atoms with van der Waals surface area (Å²) in [5.41, 5.74) is 1.16. The third kappa shape index (κ3) is 6.04. The Morgan fingerprint density at radius 1 is 1.11 bits per heavy atom. The molecular weight excluding hydrogens is 474 g/mol. The minimum absolute atomic E-state index is 0.148. The number of ether oxygens (including phenoxy) is 2. The van der Waals surface area contributed by atoms with E-state index in [9.17, 15) is 18.4 Å². The highest BCUT2D eigenvalue weighted by Crippen LogP contribution is 2.34. The number of benzene rings is 2. The predicted molar refractivity (Wildman–Crippen MR) is 129 cm³/mol. The molecule has 1 aromatic heterocycles. The Morgan fingerprint density at radius 2 is 1.89 bits per heavy atom. The normalized spacial score (nSPS) is 14.9. The largest absolute Gasteiger partial charge is 0.491 e. The van der Waals surface area contributed by atoms with Crippen molar-refractivity contribution in [1.29, 1.82) is 0 Å². The standard InChI is InChI=1S/C26H26F2N2O4S/c1-33-12-11-29(26(32)18-4-2-5-19(27)14-18)16-25(31)30-10-8-24-22(9-13-35-24)23(30)17-34-21-7-3-6-20(28)15-21/h2-7,9,13-15,23H,8,10-12,16-17H2,1H3/t23-/m1/s1. The van der Waals surface area contributed by atoms with Crippen LogP contribution in [0.5, 0.6) is 5.75 Å². The van der Waals surface area contributed by atoms with Crippen LogP contribution < -0.4 is 4.74 Å². The van der Waals surface area contributed by atoms with Crippen molar-refractivity contribution in [3.05, 3.63) is 87.6 Å². The lowest BCUT2D eigenvalue weighted by molar-refractivity contribution is -0.135. The zero-order chi connectivity index (χ0) is 24.8. The van der Waals surface area contributed by atoms with Crippen LogP contribution >= 0.6 is 11.3 Å². The zero-order valence-electron chi connectivity index (χ0n) is 19.3. The third-order valence-corrected chi connectivity index (χ3v) is 6.87. The second-order valence-corrected chi connectivity index (χ2v) is 9.15. The van der Waals surface area contributed by atoms with E-state index in [1.165, 1.54) is 47.2 Å². The van der Waals surface area contributed by atoms with Gasteiger partial charge in [-0.2, -0.15) is 0 Å². The summed E-state index contributed by atoms with van der Waals surface area (Å²) in [6, 6.07) is 12.8. The maximum Gasteiger partial charge on any atom is 0.254 e. The van der Waals surface area contributed by atoms with Gasteiger partial charge in [0, 0.05) is 36.7 Å². The maximum absolute atomic E-state index is 13.7. The molecule has 0 N–H and O–H groups in total. The average molecular weight is 501 g/mol. The van der Waals surface area contributed by atoms with Gasteiger partial charge in [0.1, 0.15) is 30.5 Å². The van der Waals surface area contributed by atoms with Crippen LogP contribution in [0, 0.1) is 11.6 Å². The molecule has 2 heterocycles. The number of methoxy groups -OCH3 is 1. The van der Waals surface area contributed by atoms with E-state index in [4.69, 9.17) is 9.47 Å². The maximum atomic E-state index is 13.7. The minimum atomic E-state index is -0.524. The van der Waals surface area contributed by atoms with Crippen LogP contribution in [0.25, 0.3) is 0 Å². The number of carbonyl (C=O) groups is 2. The van der Waals surface area contributed by atoms with Crippen molar-refractivity contribution in [2.45, 2.75) is 12.5 Å². The SMILES string of the molecule is COCCN(CC(=O)N1CCc2sccc2[C@H]1COc1cccc(F)c1)C(=O)c1cccc(F)c1. The minimum Gasteiger partial charge on any atom is -0.491 e. The first-order chi connectivity index (χ1) is 17.0. The topological polar surface area (TPSA) is 59.1 Å². The van der Waals surface area contributed by atoms with Crippen LogP contribution in [-0.2, 0) is 16.0 Å². The Hall–Kier alpha value is -3.30. The van der Waals surface area contributed by atoms with Crippen molar-refractivity contribution in [2.24, 2.45) is 0 Å². The molecule has 9 heteroatoms. The number of nitrogens with zero attached hydrogens (tertiary/aromatic N) is 2. The Kier molecular flexibility index (Phi) is 8.09. The number of thiophene rings is 1. The molecule has 0 saturated heterocycles. The molecule has 4 rings (SSSR count). The number of halogens is 2. The molecule has 35 heavy (non-hydrogen) atoms. The fourth-order valence-corrected chi connectivity index (χ4v) is 5.05. The van der Waals surface area contributed by atoms with Gasteiger partial charge >= 0.3 is 0 Å². The summed E-state index contributed by atoms with van der Waals surface area (Å²) in [6.45, 7) is 0.841. The van der Waals surface area contributed by atoms with E-state index in [1.54, 1.807) is 28.4 Å². The second kappa shape index (κ2) is 11.4. The summed E-state index contributed by atoms with van der Waals surface area (Å²) in [7, 11) is 1.51. The van der Waals surface area contributed by atoms with Crippen molar-refractivity contribution in [2.75, 3.05) is 40.0 Å². The Bertz CT molecular complexity index is 1190. The molecule has 2 amide bonds. The summed E-state index contributed by atoms with van der Waals surface area (Å²) in [6.07, 6.45) is 0.700. The van der Waals surface area contributed by atoms with E-state index in [2.05, 4.69) is 0 Å². The van der Waals surface area contributed by atoms with Crippen LogP contribution in [0.15, 0.2) is 60.0 Å². The van der Waals surface area contributed by atoms with Gasteiger partial charge in [-0.05, 0) is 53.8 Å². The molecule has 1 aliphatic rings. The monoisotopic (exact) mass is 500 g/mol. The first-order valence-corrected chi connectivity index (χ1v) is 12.1. The van der Waals surface area contributed by atoms with Crippen LogP contribution in [0.2, 0.25) is 0 Å². The first-order valence-electron chi connectivity index (χ1n) is 11.2. The predicted octanol–water partition coefficient (Wildman–Crippen LogP) is 4.32. The van der Waals surface area contributed by atoms with Crippen LogP contribution in [0.1, 0.15) is 26.8 Å². The number of carbonyl (C=O) groups excluding carboxylic acids is 2. The second-order valence-electron chi connectivity index (χ2n) is 8.15.